The maximum atomic E-state index is 13.8. The lowest BCUT2D eigenvalue weighted by Crippen LogP contribution is -2.60. The van der Waals surface area contributed by atoms with Gasteiger partial charge < -0.3 is 19.3 Å². The van der Waals surface area contributed by atoms with E-state index in [0.29, 0.717) is 45.9 Å². The number of para-hydroxylation sites is 1. The van der Waals surface area contributed by atoms with Gasteiger partial charge >= 0.3 is 6.09 Å². The molecule has 0 saturated carbocycles. The van der Waals surface area contributed by atoms with Gasteiger partial charge in [0.15, 0.2) is 0 Å². The number of nitrogens with one attached hydrogen (secondary N) is 1. The molecular formula is C25H35N5O5. The van der Waals surface area contributed by atoms with Crippen molar-refractivity contribution in [3.63, 3.8) is 0 Å². The summed E-state index contributed by atoms with van der Waals surface area (Å²) in [5, 5.41) is 1.61. The Balaban J connectivity index is 1.32. The third-order valence-electron chi connectivity index (χ3n) is 7.53. The molecule has 4 heterocycles. The SMILES string of the molecule is CCOC(=O)N1CCN(C(=O)C2CN(CC3CCCO3)CC3C(=O)N(c4ccccc4)NC23)CC1. The molecule has 0 radical (unpaired) electrons. The summed E-state index contributed by atoms with van der Waals surface area (Å²) in [6.45, 7) is 6.67. The molecule has 10 nitrogen and oxygen atoms in total. The molecule has 190 valence electrons. The zero-order chi connectivity index (χ0) is 24.4. The van der Waals surface area contributed by atoms with E-state index in [9.17, 15) is 14.4 Å². The summed E-state index contributed by atoms with van der Waals surface area (Å²) in [5.41, 5.74) is 4.16. The van der Waals surface area contributed by atoms with Crippen LogP contribution in [0.25, 0.3) is 0 Å². The molecular weight excluding hydrogens is 450 g/mol. The molecule has 4 unspecified atom stereocenters. The summed E-state index contributed by atoms with van der Waals surface area (Å²) in [7, 11) is 0. The number of nitrogens with zero attached hydrogens (tertiary/aromatic N) is 4. The van der Waals surface area contributed by atoms with E-state index in [1.807, 2.05) is 35.2 Å². The average Bonchev–Trinajstić information content (AvgIpc) is 3.52. The third-order valence-corrected chi connectivity index (χ3v) is 7.53. The van der Waals surface area contributed by atoms with E-state index in [1.165, 1.54) is 0 Å². The first-order valence-electron chi connectivity index (χ1n) is 12.7. The quantitative estimate of drug-likeness (QED) is 0.663. The second-order valence-electron chi connectivity index (χ2n) is 9.74. The lowest BCUT2D eigenvalue weighted by atomic mass is 9.83. The Morgan fingerprint density at radius 3 is 2.51 bits per heavy atom. The minimum absolute atomic E-state index is 0.00294. The highest BCUT2D eigenvalue weighted by atomic mass is 16.6. The van der Waals surface area contributed by atoms with Crippen molar-refractivity contribution in [2.24, 2.45) is 11.8 Å². The van der Waals surface area contributed by atoms with E-state index < -0.39 is 0 Å². The number of anilines is 1. The number of carbonyl (C=O) groups is 3. The van der Waals surface area contributed by atoms with Crippen molar-refractivity contribution in [3.05, 3.63) is 30.3 Å². The fourth-order valence-electron chi connectivity index (χ4n) is 5.72. The number of piperidine rings is 1. The van der Waals surface area contributed by atoms with Gasteiger partial charge in [-0.1, -0.05) is 18.2 Å². The lowest BCUT2D eigenvalue weighted by Gasteiger charge is -2.42. The number of benzene rings is 1. The molecule has 1 N–H and O–H groups in total. The van der Waals surface area contributed by atoms with Gasteiger partial charge in [0.05, 0.1) is 36.3 Å². The van der Waals surface area contributed by atoms with Crippen LogP contribution in [0, 0.1) is 11.8 Å². The number of piperazine rings is 1. The zero-order valence-electron chi connectivity index (χ0n) is 20.3. The Hall–Kier alpha value is -2.69. The minimum atomic E-state index is -0.359. The highest BCUT2D eigenvalue weighted by Crippen LogP contribution is 2.33. The first-order valence-corrected chi connectivity index (χ1v) is 12.7. The van der Waals surface area contributed by atoms with Crippen LogP contribution in [0.1, 0.15) is 19.8 Å². The fourth-order valence-corrected chi connectivity index (χ4v) is 5.72. The van der Waals surface area contributed by atoms with Gasteiger partial charge in [-0.25, -0.2) is 15.2 Å². The van der Waals surface area contributed by atoms with E-state index in [2.05, 4.69) is 10.3 Å². The molecule has 4 aliphatic rings. The molecule has 4 aliphatic heterocycles. The van der Waals surface area contributed by atoms with Crippen LogP contribution in [0.4, 0.5) is 10.5 Å². The smallest absolute Gasteiger partial charge is 0.409 e. The highest BCUT2D eigenvalue weighted by Gasteiger charge is 2.52. The third kappa shape index (κ3) is 5.00. The summed E-state index contributed by atoms with van der Waals surface area (Å²) >= 11 is 0. The number of hydrogen-bond acceptors (Lipinski definition) is 7. The number of hydrogen-bond donors (Lipinski definition) is 1. The van der Waals surface area contributed by atoms with Crippen LogP contribution in [0.3, 0.4) is 0 Å². The van der Waals surface area contributed by atoms with Gasteiger partial charge in [0.25, 0.3) is 0 Å². The molecule has 4 saturated heterocycles. The van der Waals surface area contributed by atoms with E-state index >= 15 is 0 Å². The van der Waals surface area contributed by atoms with Crippen LogP contribution in [0.2, 0.25) is 0 Å². The normalized spacial score (nSPS) is 29.4. The molecule has 35 heavy (non-hydrogen) atoms. The van der Waals surface area contributed by atoms with Crippen LogP contribution in [-0.2, 0) is 19.1 Å². The summed E-state index contributed by atoms with van der Waals surface area (Å²) < 4.78 is 11.0. The molecule has 4 atom stereocenters. The Bertz CT molecular complexity index is 916. The van der Waals surface area contributed by atoms with Crippen molar-refractivity contribution in [2.45, 2.75) is 31.9 Å². The molecule has 0 aliphatic carbocycles. The van der Waals surface area contributed by atoms with Gasteiger partial charge in [-0.15, -0.1) is 0 Å². The Morgan fingerprint density at radius 2 is 1.83 bits per heavy atom. The lowest BCUT2D eigenvalue weighted by molar-refractivity contribution is -0.141. The van der Waals surface area contributed by atoms with Crippen molar-refractivity contribution < 1.29 is 23.9 Å². The van der Waals surface area contributed by atoms with Crippen LogP contribution in [0.5, 0.6) is 0 Å². The molecule has 0 bridgehead atoms. The average molecular weight is 486 g/mol. The molecule has 4 fully saturated rings. The van der Waals surface area contributed by atoms with Gasteiger partial charge in [0.2, 0.25) is 11.8 Å². The van der Waals surface area contributed by atoms with Gasteiger partial charge in [-0.2, -0.15) is 0 Å². The van der Waals surface area contributed by atoms with Gasteiger partial charge in [0.1, 0.15) is 0 Å². The van der Waals surface area contributed by atoms with Gasteiger partial charge in [-0.3, -0.25) is 14.5 Å². The fraction of sp³-hybridized carbons (Fsp3) is 0.640. The van der Waals surface area contributed by atoms with E-state index in [1.54, 1.807) is 16.8 Å². The number of ether oxygens (including phenoxy) is 2. The Kier molecular flexibility index (Phi) is 7.22. The predicted molar refractivity (Wildman–Crippen MR) is 128 cm³/mol. The van der Waals surface area contributed by atoms with E-state index in [4.69, 9.17) is 9.47 Å². The number of rotatable bonds is 5. The number of amides is 3. The molecule has 1 aromatic rings. The molecule has 0 aromatic heterocycles. The Morgan fingerprint density at radius 1 is 1.09 bits per heavy atom. The van der Waals surface area contributed by atoms with Gasteiger partial charge in [0, 0.05) is 52.4 Å². The van der Waals surface area contributed by atoms with Crippen molar-refractivity contribution in [3.8, 4) is 0 Å². The van der Waals surface area contributed by atoms with E-state index in [-0.39, 0.29) is 41.9 Å². The van der Waals surface area contributed by atoms with Crippen LogP contribution in [0.15, 0.2) is 30.3 Å². The summed E-state index contributed by atoms with van der Waals surface area (Å²) in [6, 6.07) is 9.26. The van der Waals surface area contributed by atoms with Crippen molar-refractivity contribution in [1.82, 2.24) is 20.1 Å². The second kappa shape index (κ2) is 10.5. The topological polar surface area (TPSA) is 94.7 Å². The number of carbonyl (C=O) groups excluding carboxylic acids is 3. The van der Waals surface area contributed by atoms with Crippen molar-refractivity contribution >= 4 is 23.6 Å². The van der Waals surface area contributed by atoms with Crippen LogP contribution in [-0.4, -0.2) is 104 Å². The molecule has 0 spiro atoms. The molecule has 10 heteroatoms. The summed E-state index contributed by atoms with van der Waals surface area (Å²) in [6.07, 6.45) is 1.90. The van der Waals surface area contributed by atoms with Crippen LogP contribution < -0.4 is 10.4 Å². The first kappa shape index (κ1) is 24.0. The maximum absolute atomic E-state index is 13.8. The monoisotopic (exact) mass is 485 g/mol. The van der Waals surface area contributed by atoms with Crippen molar-refractivity contribution in [1.29, 1.82) is 0 Å². The molecule has 5 rings (SSSR count). The summed E-state index contributed by atoms with van der Waals surface area (Å²) in [5.74, 6) is -0.624. The number of likely N-dealkylation sites (tertiary alicyclic amines) is 1. The maximum Gasteiger partial charge on any atom is 0.409 e. The second-order valence-corrected chi connectivity index (χ2v) is 9.74. The largest absolute Gasteiger partial charge is 0.450 e. The van der Waals surface area contributed by atoms with Crippen molar-refractivity contribution in [2.75, 3.05) is 64.0 Å². The highest BCUT2D eigenvalue weighted by molar-refractivity contribution is 5.98. The number of hydrazine groups is 1. The zero-order valence-corrected chi connectivity index (χ0v) is 20.3. The minimum Gasteiger partial charge on any atom is -0.450 e. The molecule has 1 aromatic carbocycles. The summed E-state index contributed by atoms with van der Waals surface area (Å²) in [4.78, 5) is 45.1. The first-order chi connectivity index (χ1) is 17.0. The van der Waals surface area contributed by atoms with E-state index in [0.717, 1.165) is 31.7 Å². The van der Waals surface area contributed by atoms with Crippen LogP contribution >= 0.6 is 0 Å². The number of fused-ring (bicyclic) bond motifs is 1. The van der Waals surface area contributed by atoms with Gasteiger partial charge in [-0.05, 0) is 31.9 Å². The standard InChI is InChI=1S/C25H35N5O5/c1-2-34-25(33)29-12-10-28(11-13-29)23(31)20-16-27(15-19-9-6-14-35-19)17-21-22(20)26-30(24(21)32)18-7-4-3-5-8-18/h3-5,7-8,19-22,26H,2,6,9-17H2,1H3. The Labute approximate surface area is 206 Å². The predicted octanol–water partition coefficient (Wildman–Crippen LogP) is 0.934. The molecule has 3 amide bonds.